The van der Waals surface area contributed by atoms with Crippen molar-refractivity contribution in [1.82, 2.24) is 4.98 Å². The number of thiazole rings is 1. The van der Waals surface area contributed by atoms with Gasteiger partial charge >= 0.3 is 0 Å². The fourth-order valence-corrected chi connectivity index (χ4v) is 3.33. The minimum absolute atomic E-state index is 0.100. The summed E-state index contributed by atoms with van der Waals surface area (Å²) in [6.45, 7) is 0. The van der Waals surface area contributed by atoms with Gasteiger partial charge in [-0.25, -0.2) is 4.98 Å². The Morgan fingerprint density at radius 2 is 2.37 bits per heavy atom. The Morgan fingerprint density at radius 1 is 1.53 bits per heavy atom. The van der Waals surface area contributed by atoms with Crippen molar-refractivity contribution in [2.45, 2.75) is 12.3 Å². The van der Waals surface area contributed by atoms with E-state index in [-0.39, 0.29) is 11.8 Å². The number of aromatic nitrogens is 1. The molecule has 0 bridgehead atoms. The minimum Gasteiger partial charge on any atom is -0.291 e. The summed E-state index contributed by atoms with van der Waals surface area (Å²) in [6.07, 6.45) is 2.66. The minimum atomic E-state index is 0.100. The predicted octanol–water partition coefficient (Wildman–Crippen LogP) is 3.67. The first-order valence-corrected chi connectivity index (χ1v) is 7.76. The van der Waals surface area contributed by atoms with Crippen molar-refractivity contribution in [1.29, 1.82) is 0 Å². The van der Waals surface area contributed by atoms with Crippen LogP contribution in [0.2, 0.25) is 0 Å². The molecular weight excluding hydrogens is 324 g/mol. The fourth-order valence-electron chi connectivity index (χ4n) is 2.30. The first-order chi connectivity index (χ1) is 9.16. The summed E-state index contributed by atoms with van der Waals surface area (Å²) >= 11 is 4.96. The highest BCUT2D eigenvalue weighted by Crippen LogP contribution is 2.49. The molecule has 3 rings (SSSR count). The molecule has 1 aromatic heterocycles. The second kappa shape index (κ2) is 5.06. The van der Waals surface area contributed by atoms with E-state index in [9.17, 15) is 4.79 Å². The largest absolute Gasteiger partial charge is 0.291 e. The van der Waals surface area contributed by atoms with Gasteiger partial charge in [-0.3, -0.25) is 9.69 Å². The van der Waals surface area contributed by atoms with Gasteiger partial charge in [0.2, 0.25) is 5.91 Å². The zero-order valence-corrected chi connectivity index (χ0v) is 12.8. The van der Waals surface area contributed by atoms with Crippen molar-refractivity contribution >= 4 is 38.3 Å². The summed E-state index contributed by atoms with van der Waals surface area (Å²) in [4.78, 5) is 18.2. The van der Waals surface area contributed by atoms with E-state index in [2.05, 4.69) is 33.0 Å². The summed E-state index contributed by atoms with van der Waals surface area (Å²) in [5, 5.41) is 2.66. The average Bonchev–Trinajstić information content (AvgIpc) is 3.02. The molecule has 1 heterocycles. The maximum absolute atomic E-state index is 12.4. The quantitative estimate of drug-likeness (QED) is 0.856. The van der Waals surface area contributed by atoms with Crippen molar-refractivity contribution in [3.05, 3.63) is 45.9 Å². The van der Waals surface area contributed by atoms with Gasteiger partial charge in [-0.05, 0) is 30.0 Å². The van der Waals surface area contributed by atoms with Crippen LogP contribution in [0.25, 0.3) is 0 Å². The van der Waals surface area contributed by atoms with Crippen LogP contribution < -0.4 is 4.90 Å². The van der Waals surface area contributed by atoms with Gasteiger partial charge in [0.1, 0.15) is 0 Å². The van der Waals surface area contributed by atoms with Crippen molar-refractivity contribution < 1.29 is 4.79 Å². The molecule has 0 aliphatic heterocycles. The van der Waals surface area contributed by atoms with Crippen LogP contribution in [0.4, 0.5) is 5.13 Å². The molecule has 2 aromatic rings. The highest BCUT2D eigenvalue weighted by Gasteiger charge is 2.45. The molecule has 0 N–H and O–H groups in total. The van der Waals surface area contributed by atoms with Gasteiger partial charge in [0.25, 0.3) is 0 Å². The first-order valence-electron chi connectivity index (χ1n) is 6.09. The number of nitrogens with zero attached hydrogens (tertiary/aromatic N) is 2. The lowest BCUT2D eigenvalue weighted by molar-refractivity contribution is -0.119. The lowest BCUT2D eigenvalue weighted by Crippen LogP contribution is -2.28. The molecule has 1 saturated carbocycles. The third kappa shape index (κ3) is 2.58. The second-order valence-electron chi connectivity index (χ2n) is 4.72. The summed E-state index contributed by atoms with van der Waals surface area (Å²) in [7, 11) is 1.80. The Hall–Kier alpha value is -1.20. The van der Waals surface area contributed by atoms with Crippen LogP contribution in [0, 0.1) is 5.92 Å². The Labute approximate surface area is 124 Å². The SMILES string of the molecule is CN(C(=O)[C@@H]1C[C@H]1c1cccc(Br)c1)c1nccs1. The zero-order valence-electron chi connectivity index (χ0n) is 10.4. The maximum Gasteiger partial charge on any atom is 0.232 e. The Balaban J connectivity index is 1.71. The van der Waals surface area contributed by atoms with Gasteiger partial charge in [0, 0.05) is 29.0 Å². The molecular formula is C14H13BrN2OS. The molecule has 5 heteroatoms. The first kappa shape index (κ1) is 12.8. The molecule has 1 aliphatic carbocycles. The summed E-state index contributed by atoms with van der Waals surface area (Å²) in [6, 6.07) is 8.21. The van der Waals surface area contributed by atoms with E-state index < -0.39 is 0 Å². The second-order valence-corrected chi connectivity index (χ2v) is 6.50. The maximum atomic E-state index is 12.4. The number of rotatable bonds is 3. The molecule has 0 spiro atoms. The highest BCUT2D eigenvalue weighted by molar-refractivity contribution is 9.10. The molecule has 1 aromatic carbocycles. The van der Waals surface area contributed by atoms with Crippen molar-refractivity contribution in [2.24, 2.45) is 5.92 Å². The molecule has 98 valence electrons. The molecule has 1 amide bonds. The average molecular weight is 337 g/mol. The number of hydrogen-bond acceptors (Lipinski definition) is 3. The van der Waals surface area contributed by atoms with Crippen LogP contribution >= 0.6 is 27.3 Å². The van der Waals surface area contributed by atoms with Gasteiger partial charge in [0.05, 0.1) is 0 Å². The van der Waals surface area contributed by atoms with E-state index in [1.165, 1.54) is 16.9 Å². The Morgan fingerprint density at radius 3 is 3.05 bits per heavy atom. The van der Waals surface area contributed by atoms with Gasteiger partial charge in [-0.1, -0.05) is 28.1 Å². The zero-order chi connectivity index (χ0) is 13.4. The number of anilines is 1. The van der Waals surface area contributed by atoms with E-state index in [0.717, 1.165) is 16.0 Å². The van der Waals surface area contributed by atoms with E-state index >= 15 is 0 Å². The monoisotopic (exact) mass is 336 g/mol. The fraction of sp³-hybridized carbons (Fsp3) is 0.286. The van der Waals surface area contributed by atoms with Gasteiger partial charge < -0.3 is 0 Å². The summed E-state index contributed by atoms with van der Waals surface area (Å²) in [5.74, 6) is 0.621. The van der Waals surface area contributed by atoms with Crippen LogP contribution in [0.3, 0.4) is 0 Å². The van der Waals surface area contributed by atoms with Crippen molar-refractivity contribution in [3.8, 4) is 0 Å². The van der Waals surface area contributed by atoms with E-state index in [4.69, 9.17) is 0 Å². The third-order valence-electron chi connectivity index (χ3n) is 3.42. The van der Waals surface area contributed by atoms with Gasteiger partial charge in [-0.15, -0.1) is 11.3 Å². The number of carbonyl (C=O) groups excluding carboxylic acids is 1. The number of amides is 1. The molecule has 0 radical (unpaired) electrons. The van der Waals surface area contributed by atoms with E-state index in [1.807, 2.05) is 17.5 Å². The van der Waals surface area contributed by atoms with Crippen LogP contribution in [0.5, 0.6) is 0 Å². The summed E-state index contributed by atoms with van der Waals surface area (Å²) in [5.41, 5.74) is 1.24. The van der Waals surface area contributed by atoms with E-state index in [0.29, 0.717) is 5.92 Å². The van der Waals surface area contributed by atoms with Crippen LogP contribution in [0.1, 0.15) is 17.9 Å². The van der Waals surface area contributed by atoms with Crippen LogP contribution in [-0.4, -0.2) is 17.9 Å². The molecule has 0 saturated heterocycles. The lowest BCUT2D eigenvalue weighted by atomic mass is 10.1. The molecule has 0 unspecified atom stereocenters. The molecule has 1 fully saturated rings. The predicted molar refractivity (Wildman–Crippen MR) is 80.5 cm³/mol. The van der Waals surface area contributed by atoms with Crippen molar-refractivity contribution in [2.75, 3.05) is 11.9 Å². The number of benzene rings is 1. The molecule has 19 heavy (non-hydrogen) atoms. The molecule has 2 atom stereocenters. The van der Waals surface area contributed by atoms with Crippen molar-refractivity contribution in [3.63, 3.8) is 0 Å². The lowest BCUT2D eigenvalue weighted by Gasteiger charge is -2.13. The Kier molecular flexibility index (Phi) is 3.41. The molecule has 3 nitrogen and oxygen atoms in total. The smallest absolute Gasteiger partial charge is 0.232 e. The van der Waals surface area contributed by atoms with Gasteiger partial charge in [-0.2, -0.15) is 0 Å². The van der Waals surface area contributed by atoms with E-state index in [1.54, 1.807) is 18.1 Å². The normalized spacial score (nSPS) is 21.2. The Bertz CT molecular complexity index is 599. The van der Waals surface area contributed by atoms with Crippen LogP contribution in [-0.2, 0) is 4.79 Å². The number of halogens is 1. The number of hydrogen-bond donors (Lipinski definition) is 0. The standard InChI is InChI=1S/C14H13BrN2OS/c1-17(14-16-5-6-19-14)13(18)12-8-11(12)9-3-2-4-10(15)7-9/h2-7,11-12H,8H2,1H3/t11-,12+/m0/s1. The molecule has 1 aliphatic rings. The van der Waals surface area contributed by atoms with Gasteiger partial charge in [0.15, 0.2) is 5.13 Å². The topological polar surface area (TPSA) is 33.2 Å². The van der Waals surface area contributed by atoms with Crippen LogP contribution in [0.15, 0.2) is 40.3 Å². The highest BCUT2D eigenvalue weighted by atomic mass is 79.9. The number of carbonyl (C=O) groups is 1. The summed E-state index contributed by atoms with van der Waals surface area (Å²) < 4.78 is 1.07. The third-order valence-corrected chi connectivity index (χ3v) is 4.76.